The number of amides is 1. The van der Waals surface area contributed by atoms with Crippen LogP contribution in [0.5, 0.6) is 0 Å². The second kappa shape index (κ2) is 9.89. The molecule has 2 aromatic carbocycles. The molecule has 0 atom stereocenters. The van der Waals surface area contributed by atoms with Gasteiger partial charge in [0, 0.05) is 28.2 Å². The Kier molecular flexibility index (Phi) is 7.57. The van der Waals surface area contributed by atoms with Crippen molar-refractivity contribution >= 4 is 40.8 Å². The van der Waals surface area contributed by atoms with Crippen molar-refractivity contribution in [3.8, 4) is 0 Å². The lowest BCUT2D eigenvalue weighted by Crippen LogP contribution is -2.30. The molecular formula is C18H16Cl2N2O5. The van der Waals surface area contributed by atoms with E-state index in [1.165, 1.54) is 18.2 Å². The summed E-state index contributed by atoms with van der Waals surface area (Å²) in [5.41, 5.74) is 0.888. The Balaban J connectivity index is 1.75. The van der Waals surface area contributed by atoms with Crippen LogP contribution in [0, 0.1) is 10.1 Å². The number of nitrogens with zero attached hydrogens (tertiary/aromatic N) is 1. The second-order valence-corrected chi connectivity index (χ2v) is 6.40. The minimum Gasteiger partial charge on any atom is -0.455 e. The van der Waals surface area contributed by atoms with Crippen LogP contribution >= 0.6 is 23.2 Å². The summed E-state index contributed by atoms with van der Waals surface area (Å²) in [5, 5.41) is 14.6. The molecule has 9 heteroatoms. The number of nitrogens with one attached hydrogen (secondary N) is 1. The third-order valence-corrected chi connectivity index (χ3v) is 4.21. The highest BCUT2D eigenvalue weighted by atomic mass is 35.5. The van der Waals surface area contributed by atoms with Crippen LogP contribution in [-0.4, -0.2) is 30.0 Å². The summed E-state index contributed by atoms with van der Waals surface area (Å²) >= 11 is 11.9. The van der Waals surface area contributed by atoms with Crippen LogP contribution in [0.25, 0.3) is 0 Å². The molecule has 0 aliphatic heterocycles. The summed E-state index contributed by atoms with van der Waals surface area (Å²) in [6.07, 6.45) is 0.205. The SMILES string of the molecule is O=C(COC(=O)Cc1ccccc1[N+](=O)[O-])NCCc1ccc(Cl)cc1Cl. The van der Waals surface area contributed by atoms with Gasteiger partial charge in [0.15, 0.2) is 6.61 Å². The van der Waals surface area contributed by atoms with Crippen molar-refractivity contribution < 1.29 is 19.2 Å². The fraction of sp³-hybridized carbons (Fsp3) is 0.222. The van der Waals surface area contributed by atoms with E-state index < -0.39 is 23.4 Å². The quantitative estimate of drug-likeness (QED) is 0.408. The average molecular weight is 411 g/mol. The number of nitro groups is 1. The van der Waals surface area contributed by atoms with Crippen molar-refractivity contribution in [3.63, 3.8) is 0 Å². The first kappa shape index (κ1) is 20.7. The maximum atomic E-state index is 11.8. The lowest BCUT2D eigenvalue weighted by Gasteiger charge is -2.08. The first-order valence-corrected chi connectivity index (χ1v) is 8.71. The van der Waals surface area contributed by atoms with E-state index in [-0.39, 0.29) is 17.7 Å². The van der Waals surface area contributed by atoms with Gasteiger partial charge in [-0.2, -0.15) is 0 Å². The standard InChI is InChI=1S/C18H16Cl2N2O5/c19-14-6-5-12(15(20)10-14)7-8-21-17(23)11-27-18(24)9-13-3-1-2-4-16(13)22(25)26/h1-6,10H,7-9,11H2,(H,21,23). The first-order chi connectivity index (χ1) is 12.9. The normalized spacial score (nSPS) is 10.3. The summed E-state index contributed by atoms with van der Waals surface area (Å²) in [6, 6.07) is 11.0. The molecule has 0 fully saturated rings. The van der Waals surface area contributed by atoms with Gasteiger partial charge in [-0.1, -0.05) is 47.5 Å². The van der Waals surface area contributed by atoms with Crippen molar-refractivity contribution in [2.75, 3.05) is 13.2 Å². The average Bonchev–Trinajstić information content (AvgIpc) is 2.62. The van der Waals surface area contributed by atoms with Crippen molar-refractivity contribution in [1.82, 2.24) is 5.32 Å². The number of ether oxygens (including phenoxy) is 1. The molecule has 27 heavy (non-hydrogen) atoms. The number of para-hydroxylation sites is 1. The third-order valence-electron chi connectivity index (χ3n) is 3.62. The number of esters is 1. The Hall–Kier alpha value is -2.64. The highest BCUT2D eigenvalue weighted by Gasteiger charge is 2.17. The number of carbonyl (C=O) groups excluding carboxylic acids is 2. The summed E-state index contributed by atoms with van der Waals surface area (Å²) in [6.45, 7) is -0.157. The fourth-order valence-electron chi connectivity index (χ4n) is 2.30. The molecule has 2 aromatic rings. The summed E-state index contributed by atoms with van der Waals surface area (Å²) in [7, 11) is 0. The van der Waals surface area contributed by atoms with Gasteiger partial charge in [-0.3, -0.25) is 19.7 Å². The molecule has 0 aromatic heterocycles. The third kappa shape index (κ3) is 6.54. The minimum absolute atomic E-state index is 0.168. The van der Waals surface area contributed by atoms with E-state index >= 15 is 0 Å². The van der Waals surface area contributed by atoms with E-state index in [9.17, 15) is 19.7 Å². The summed E-state index contributed by atoms with van der Waals surface area (Å²) < 4.78 is 4.87. The molecule has 0 saturated heterocycles. The molecule has 0 aliphatic rings. The summed E-state index contributed by atoms with van der Waals surface area (Å²) in [4.78, 5) is 33.9. The predicted octanol–water partition coefficient (Wildman–Crippen LogP) is 3.35. The molecule has 0 spiro atoms. The van der Waals surface area contributed by atoms with Crippen molar-refractivity contribution in [1.29, 1.82) is 0 Å². The Labute approximate surface area is 165 Å². The maximum absolute atomic E-state index is 11.8. The lowest BCUT2D eigenvalue weighted by molar-refractivity contribution is -0.385. The van der Waals surface area contributed by atoms with Crippen molar-refractivity contribution in [2.24, 2.45) is 0 Å². The Morgan fingerprint density at radius 1 is 1.11 bits per heavy atom. The zero-order chi connectivity index (χ0) is 19.8. The number of halogens is 2. The van der Waals surface area contributed by atoms with Crippen molar-refractivity contribution in [3.05, 3.63) is 73.8 Å². The first-order valence-electron chi connectivity index (χ1n) is 7.95. The molecule has 142 valence electrons. The number of hydrogen-bond donors (Lipinski definition) is 1. The van der Waals surface area contributed by atoms with E-state index in [4.69, 9.17) is 27.9 Å². The van der Waals surface area contributed by atoms with Crippen LogP contribution < -0.4 is 5.32 Å². The number of rotatable bonds is 8. The Bertz CT molecular complexity index is 857. The number of nitro benzene ring substituents is 1. The zero-order valence-electron chi connectivity index (χ0n) is 14.1. The molecule has 1 amide bonds. The van der Waals surface area contributed by atoms with Gasteiger partial charge in [0.05, 0.1) is 11.3 Å². The monoisotopic (exact) mass is 410 g/mol. The van der Waals surface area contributed by atoms with Crippen LogP contribution in [-0.2, 0) is 27.2 Å². The summed E-state index contributed by atoms with van der Waals surface area (Å²) in [5.74, 6) is -1.20. The van der Waals surface area contributed by atoms with Gasteiger partial charge in [0.1, 0.15) is 0 Å². The molecule has 0 saturated carbocycles. The highest BCUT2D eigenvalue weighted by Crippen LogP contribution is 2.21. The lowest BCUT2D eigenvalue weighted by atomic mass is 10.1. The highest BCUT2D eigenvalue weighted by molar-refractivity contribution is 6.35. The fourth-order valence-corrected chi connectivity index (χ4v) is 2.81. The number of benzene rings is 2. The molecule has 0 aliphatic carbocycles. The second-order valence-electron chi connectivity index (χ2n) is 5.56. The molecule has 0 bridgehead atoms. The Morgan fingerprint density at radius 2 is 1.85 bits per heavy atom. The molecule has 1 N–H and O–H groups in total. The van der Waals surface area contributed by atoms with Crippen LogP contribution in [0.4, 0.5) is 5.69 Å². The van der Waals surface area contributed by atoms with Gasteiger partial charge >= 0.3 is 5.97 Å². The van der Waals surface area contributed by atoms with Crippen LogP contribution in [0.2, 0.25) is 10.0 Å². The molecule has 0 unspecified atom stereocenters. The van der Waals surface area contributed by atoms with Crippen LogP contribution in [0.1, 0.15) is 11.1 Å². The van der Waals surface area contributed by atoms with Crippen LogP contribution in [0.15, 0.2) is 42.5 Å². The zero-order valence-corrected chi connectivity index (χ0v) is 15.6. The van der Waals surface area contributed by atoms with Gasteiger partial charge < -0.3 is 10.1 Å². The van der Waals surface area contributed by atoms with Crippen LogP contribution in [0.3, 0.4) is 0 Å². The number of carbonyl (C=O) groups is 2. The Morgan fingerprint density at radius 3 is 2.56 bits per heavy atom. The molecule has 0 radical (unpaired) electrons. The molecule has 7 nitrogen and oxygen atoms in total. The topological polar surface area (TPSA) is 98.5 Å². The predicted molar refractivity (Wildman–Crippen MR) is 101 cm³/mol. The van der Waals surface area contributed by atoms with E-state index in [1.54, 1.807) is 24.3 Å². The maximum Gasteiger partial charge on any atom is 0.311 e. The molecular weight excluding hydrogens is 395 g/mol. The molecule has 0 heterocycles. The van der Waals surface area contributed by atoms with Gasteiger partial charge in [-0.05, 0) is 24.1 Å². The number of hydrogen-bond acceptors (Lipinski definition) is 5. The van der Waals surface area contributed by atoms with E-state index in [2.05, 4.69) is 5.32 Å². The van der Waals surface area contributed by atoms with Gasteiger partial charge in [0.25, 0.3) is 11.6 Å². The molecule has 2 rings (SSSR count). The van der Waals surface area contributed by atoms with E-state index in [1.807, 2.05) is 0 Å². The van der Waals surface area contributed by atoms with Gasteiger partial charge in [-0.25, -0.2) is 0 Å². The van der Waals surface area contributed by atoms with Gasteiger partial charge in [-0.15, -0.1) is 0 Å². The van der Waals surface area contributed by atoms with E-state index in [0.717, 1.165) is 5.56 Å². The minimum atomic E-state index is -0.722. The largest absolute Gasteiger partial charge is 0.455 e. The van der Waals surface area contributed by atoms with Gasteiger partial charge in [0.2, 0.25) is 0 Å². The van der Waals surface area contributed by atoms with E-state index in [0.29, 0.717) is 23.0 Å². The van der Waals surface area contributed by atoms with Crippen molar-refractivity contribution in [2.45, 2.75) is 12.8 Å². The smallest absolute Gasteiger partial charge is 0.311 e.